The molecule has 1 atom stereocenters. The van der Waals surface area contributed by atoms with E-state index in [0.29, 0.717) is 24.4 Å². The number of fused-ring (bicyclic) bond motifs is 1. The molecule has 0 saturated carbocycles. The van der Waals surface area contributed by atoms with Gasteiger partial charge >= 0.3 is 12.3 Å². The van der Waals surface area contributed by atoms with Crippen molar-refractivity contribution in [2.45, 2.75) is 38.6 Å². The summed E-state index contributed by atoms with van der Waals surface area (Å²) in [4.78, 5) is 27.3. The summed E-state index contributed by atoms with van der Waals surface area (Å²) < 4.78 is 49.9. The van der Waals surface area contributed by atoms with Gasteiger partial charge in [-0.1, -0.05) is 42.5 Å². The Balaban J connectivity index is 1.15. The van der Waals surface area contributed by atoms with Gasteiger partial charge in [-0.05, 0) is 85.2 Å². The maximum atomic E-state index is 13.1. The predicted octanol–water partition coefficient (Wildman–Crippen LogP) is 7.82. The number of carbonyl (C=O) groups excluding carboxylic acids is 2. The highest BCUT2D eigenvalue weighted by Crippen LogP contribution is 2.34. The molecule has 1 N–H and O–H groups in total. The minimum absolute atomic E-state index is 0.0926. The SMILES string of the molecule is CC(NC(=O)c1ccc2c(Oc3ccc(C(F)(F)F)cc3)cccc2c1)C1CCN(C(=O)OCc2ccccc2)CC1. The molecule has 0 bridgehead atoms. The minimum Gasteiger partial charge on any atom is -0.457 e. The molecule has 42 heavy (non-hydrogen) atoms. The van der Waals surface area contributed by atoms with Crippen LogP contribution in [0.25, 0.3) is 10.8 Å². The molecule has 1 saturated heterocycles. The molecule has 9 heteroatoms. The third-order valence-corrected chi connectivity index (χ3v) is 7.58. The molecule has 1 unspecified atom stereocenters. The fourth-order valence-electron chi connectivity index (χ4n) is 5.12. The summed E-state index contributed by atoms with van der Waals surface area (Å²) >= 11 is 0. The van der Waals surface area contributed by atoms with E-state index in [2.05, 4.69) is 5.32 Å². The van der Waals surface area contributed by atoms with Gasteiger partial charge in [0.1, 0.15) is 18.1 Å². The average Bonchev–Trinajstić information content (AvgIpc) is 3.00. The fraction of sp³-hybridized carbons (Fsp3) is 0.273. The van der Waals surface area contributed by atoms with Gasteiger partial charge < -0.3 is 19.7 Å². The van der Waals surface area contributed by atoms with Crippen molar-refractivity contribution < 1.29 is 32.2 Å². The summed E-state index contributed by atoms with van der Waals surface area (Å²) in [6, 6.07) is 24.6. The van der Waals surface area contributed by atoms with Crippen LogP contribution >= 0.6 is 0 Å². The molecule has 0 aromatic heterocycles. The lowest BCUT2D eigenvalue weighted by Gasteiger charge is -2.34. The predicted molar refractivity (Wildman–Crippen MR) is 153 cm³/mol. The second-order valence-corrected chi connectivity index (χ2v) is 10.4. The van der Waals surface area contributed by atoms with Crippen molar-refractivity contribution in [1.82, 2.24) is 10.2 Å². The summed E-state index contributed by atoms with van der Waals surface area (Å²) in [5.41, 5.74) is 0.682. The van der Waals surface area contributed by atoms with Crippen molar-refractivity contribution in [2.75, 3.05) is 13.1 Å². The number of rotatable bonds is 7. The first kappa shape index (κ1) is 29.0. The standard InChI is InChI=1S/C33H31F3N2O4/c1-22(24-16-18-38(19-17-24)32(40)41-21-23-6-3-2-4-7-23)37-31(39)26-10-15-29-25(20-26)8-5-9-30(29)42-28-13-11-27(12-14-28)33(34,35)36/h2-15,20,22,24H,16-19,21H2,1H3,(H,37,39). The Bertz CT molecular complexity index is 1530. The van der Waals surface area contributed by atoms with Crippen molar-refractivity contribution in [3.63, 3.8) is 0 Å². The molecular formula is C33H31F3N2O4. The van der Waals surface area contributed by atoms with Gasteiger partial charge in [0.25, 0.3) is 5.91 Å². The Labute approximate surface area is 242 Å². The molecule has 0 aliphatic carbocycles. The molecule has 2 amide bonds. The largest absolute Gasteiger partial charge is 0.457 e. The first-order valence-corrected chi connectivity index (χ1v) is 13.8. The molecule has 0 radical (unpaired) electrons. The van der Waals surface area contributed by atoms with Gasteiger partial charge in [0.05, 0.1) is 5.56 Å². The summed E-state index contributed by atoms with van der Waals surface area (Å²) in [5, 5.41) is 4.59. The number of benzene rings is 4. The summed E-state index contributed by atoms with van der Waals surface area (Å²) in [6.07, 6.45) is -3.23. The van der Waals surface area contributed by atoms with Crippen LogP contribution in [0, 0.1) is 5.92 Å². The zero-order valence-corrected chi connectivity index (χ0v) is 23.1. The number of likely N-dealkylation sites (tertiary alicyclic amines) is 1. The first-order valence-electron chi connectivity index (χ1n) is 13.8. The highest BCUT2D eigenvalue weighted by molar-refractivity contribution is 6.00. The molecule has 4 aromatic carbocycles. The normalized spacial score (nSPS) is 14.8. The highest BCUT2D eigenvalue weighted by atomic mass is 19.4. The smallest absolute Gasteiger partial charge is 0.416 e. The molecule has 4 aromatic rings. The average molecular weight is 577 g/mol. The number of hydrogen-bond donors (Lipinski definition) is 1. The Hall–Kier alpha value is -4.53. The van der Waals surface area contributed by atoms with E-state index in [1.165, 1.54) is 12.1 Å². The first-order chi connectivity index (χ1) is 20.2. The van der Waals surface area contributed by atoms with E-state index in [4.69, 9.17) is 9.47 Å². The fourth-order valence-corrected chi connectivity index (χ4v) is 5.12. The number of hydrogen-bond acceptors (Lipinski definition) is 4. The van der Waals surface area contributed by atoms with Crippen LogP contribution in [0.5, 0.6) is 11.5 Å². The maximum absolute atomic E-state index is 13.1. The Kier molecular flexibility index (Phi) is 8.66. The third-order valence-electron chi connectivity index (χ3n) is 7.58. The minimum atomic E-state index is -4.42. The Morgan fingerprint density at radius 3 is 2.33 bits per heavy atom. The van der Waals surface area contributed by atoms with Crippen LogP contribution in [0.15, 0.2) is 91.0 Å². The lowest BCUT2D eigenvalue weighted by molar-refractivity contribution is -0.137. The lowest BCUT2D eigenvalue weighted by atomic mass is 9.90. The molecule has 0 spiro atoms. The van der Waals surface area contributed by atoms with E-state index in [1.807, 2.05) is 43.3 Å². The van der Waals surface area contributed by atoms with E-state index in [-0.39, 0.29) is 36.3 Å². The number of piperidine rings is 1. The lowest BCUT2D eigenvalue weighted by Crippen LogP contribution is -2.45. The van der Waals surface area contributed by atoms with E-state index in [9.17, 15) is 22.8 Å². The number of halogens is 3. The monoisotopic (exact) mass is 576 g/mol. The number of nitrogens with one attached hydrogen (secondary N) is 1. The van der Waals surface area contributed by atoms with Crippen molar-refractivity contribution in [3.8, 4) is 11.5 Å². The molecular weight excluding hydrogens is 545 g/mol. The summed E-state index contributed by atoms with van der Waals surface area (Å²) in [6.45, 7) is 3.34. The van der Waals surface area contributed by atoms with Crippen molar-refractivity contribution >= 4 is 22.8 Å². The maximum Gasteiger partial charge on any atom is 0.416 e. The zero-order chi connectivity index (χ0) is 29.7. The summed E-state index contributed by atoms with van der Waals surface area (Å²) in [7, 11) is 0. The molecule has 1 fully saturated rings. The van der Waals surface area contributed by atoms with Crippen LogP contribution < -0.4 is 10.1 Å². The van der Waals surface area contributed by atoms with Gasteiger partial charge in [0.2, 0.25) is 0 Å². The second kappa shape index (κ2) is 12.5. The number of nitrogens with zero attached hydrogens (tertiary/aromatic N) is 1. The molecule has 218 valence electrons. The van der Waals surface area contributed by atoms with Crippen molar-refractivity contribution in [1.29, 1.82) is 0 Å². The number of amides is 2. The number of ether oxygens (including phenoxy) is 2. The van der Waals surface area contributed by atoms with E-state index in [1.54, 1.807) is 35.2 Å². The van der Waals surface area contributed by atoms with Gasteiger partial charge in [-0.2, -0.15) is 13.2 Å². The Morgan fingerprint density at radius 2 is 1.64 bits per heavy atom. The van der Waals surface area contributed by atoms with E-state index < -0.39 is 11.7 Å². The Morgan fingerprint density at radius 1 is 0.929 bits per heavy atom. The van der Waals surface area contributed by atoms with E-state index in [0.717, 1.165) is 41.3 Å². The van der Waals surface area contributed by atoms with Gasteiger partial charge in [-0.15, -0.1) is 0 Å². The summed E-state index contributed by atoms with van der Waals surface area (Å²) in [5.74, 6) is 0.766. The topological polar surface area (TPSA) is 67.9 Å². The zero-order valence-electron chi connectivity index (χ0n) is 23.1. The molecule has 6 nitrogen and oxygen atoms in total. The third kappa shape index (κ3) is 7.02. The molecule has 1 aliphatic rings. The van der Waals surface area contributed by atoms with Crippen LogP contribution in [0.1, 0.15) is 41.3 Å². The van der Waals surface area contributed by atoms with Crippen molar-refractivity contribution in [3.05, 3.63) is 108 Å². The van der Waals surface area contributed by atoms with Crippen LogP contribution in [-0.4, -0.2) is 36.0 Å². The molecule has 1 heterocycles. The van der Waals surface area contributed by atoms with Crippen molar-refractivity contribution in [2.24, 2.45) is 5.92 Å². The van der Waals surface area contributed by atoms with Crippen LogP contribution in [0.4, 0.5) is 18.0 Å². The number of alkyl halides is 3. The van der Waals surface area contributed by atoms with E-state index >= 15 is 0 Å². The quantitative estimate of drug-likeness (QED) is 0.244. The van der Waals surface area contributed by atoms with Gasteiger partial charge in [-0.3, -0.25) is 4.79 Å². The van der Waals surface area contributed by atoms with Gasteiger partial charge in [0, 0.05) is 30.1 Å². The van der Waals surface area contributed by atoms with Gasteiger partial charge in [-0.25, -0.2) is 4.79 Å². The molecule has 1 aliphatic heterocycles. The van der Waals surface area contributed by atoms with Crippen LogP contribution in [0.2, 0.25) is 0 Å². The molecule has 5 rings (SSSR count). The van der Waals surface area contributed by atoms with Gasteiger partial charge in [0.15, 0.2) is 0 Å². The number of carbonyl (C=O) groups is 2. The highest BCUT2D eigenvalue weighted by Gasteiger charge is 2.30. The van der Waals surface area contributed by atoms with Crippen LogP contribution in [0.3, 0.4) is 0 Å². The van der Waals surface area contributed by atoms with Crippen LogP contribution in [-0.2, 0) is 17.5 Å². The second-order valence-electron chi connectivity index (χ2n) is 10.4.